The van der Waals surface area contributed by atoms with Gasteiger partial charge < -0.3 is 28.9 Å². The fraction of sp³-hybridized carbons (Fsp3) is 0.389. The molecule has 3 heterocycles. The number of hydrogen-bond acceptors (Lipinski definition) is 9. The maximum atomic E-state index is 11.3. The van der Waals surface area contributed by atoms with Crippen molar-refractivity contribution in [2.24, 2.45) is 5.10 Å². The second-order valence-electron chi connectivity index (χ2n) is 12.4. The van der Waals surface area contributed by atoms with E-state index in [9.17, 15) is 4.79 Å². The van der Waals surface area contributed by atoms with Crippen LogP contribution in [0.15, 0.2) is 84.5 Å². The minimum absolute atomic E-state index is 0.0542. The van der Waals surface area contributed by atoms with E-state index in [4.69, 9.17) is 37.4 Å². The van der Waals surface area contributed by atoms with Crippen LogP contribution in [0.2, 0.25) is 10.0 Å². The Morgan fingerprint density at radius 2 is 1.72 bits per heavy atom. The summed E-state index contributed by atoms with van der Waals surface area (Å²) < 4.78 is 20.5. The van der Waals surface area contributed by atoms with Gasteiger partial charge in [-0.3, -0.25) is 4.79 Å². The molecule has 0 bridgehead atoms. The van der Waals surface area contributed by atoms with Crippen LogP contribution in [0.5, 0.6) is 5.75 Å². The molecule has 2 aliphatic rings. The third kappa shape index (κ3) is 8.32. The van der Waals surface area contributed by atoms with Crippen LogP contribution >= 0.6 is 23.2 Å². The summed E-state index contributed by atoms with van der Waals surface area (Å²) in [5.41, 5.74) is 4.00. The Morgan fingerprint density at radius 3 is 2.32 bits per heavy atom. The van der Waals surface area contributed by atoms with Crippen LogP contribution in [0.1, 0.15) is 25.8 Å². The van der Waals surface area contributed by atoms with Crippen LogP contribution in [0, 0.1) is 0 Å². The van der Waals surface area contributed by atoms with Crippen molar-refractivity contribution in [3.8, 4) is 5.75 Å². The topological polar surface area (TPSA) is 101 Å². The number of piperazine rings is 1. The number of nitrogens with zero attached hydrogens (tertiary/aromatic N) is 8. The molecule has 264 valence electrons. The van der Waals surface area contributed by atoms with Gasteiger partial charge in [0, 0.05) is 60.9 Å². The maximum Gasteiger partial charge on any atom is 0.230 e. The van der Waals surface area contributed by atoms with Gasteiger partial charge >= 0.3 is 0 Å². The number of halogens is 2. The highest BCUT2D eigenvalue weighted by Crippen LogP contribution is 2.40. The van der Waals surface area contributed by atoms with Gasteiger partial charge in [0.15, 0.2) is 0 Å². The lowest BCUT2D eigenvalue weighted by Crippen LogP contribution is -2.46. The summed E-state index contributed by atoms with van der Waals surface area (Å²) >= 11 is 12.7. The Morgan fingerprint density at radius 1 is 1.04 bits per heavy atom. The average Bonchev–Trinajstić information content (AvgIpc) is 3.81. The van der Waals surface area contributed by atoms with Crippen LogP contribution in [0.25, 0.3) is 0 Å². The van der Waals surface area contributed by atoms with Crippen molar-refractivity contribution < 1.29 is 19.0 Å². The molecule has 1 amide bonds. The van der Waals surface area contributed by atoms with Crippen molar-refractivity contribution in [2.75, 3.05) is 61.1 Å². The molecular weight excluding hydrogens is 679 g/mol. The minimum Gasteiger partial charge on any atom is -0.491 e. The number of rotatable bonds is 14. The average molecular weight is 722 g/mol. The first-order chi connectivity index (χ1) is 24.3. The van der Waals surface area contributed by atoms with E-state index in [0.717, 1.165) is 56.1 Å². The first-order valence-electron chi connectivity index (χ1n) is 16.7. The molecule has 2 saturated heterocycles. The van der Waals surface area contributed by atoms with Crippen LogP contribution in [0.4, 0.5) is 17.1 Å². The molecule has 0 radical (unpaired) electrons. The molecule has 1 aromatic heterocycles. The monoisotopic (exact) mass is 720 g/mol. The highest BCUT2D eigenvalue weighted by Gasteiger charge is 2.45. The number of anilines is 3. The Hall–Kier alpha value is -4.36. The van der Waals surface area contributed by atoms with Crippen LogP contribution < -0.4 is 19.4 Å². The van der Waals surface area contributed by atoms with Crippen LogP contribution in [-0.2, 0) is 26.6 Å². The van der Waals surface area contributed by atoms with E-state index in [2.05, 4.69) is 61.4 Å². The zero-order valence-corrected chi connectivity index (χ0v) is 30.0. The molecule has 3 atom stereocenters. The first-order valence-corrected chi connectivity index (χ1v) is 17.5. The van der Waals surface area contributed by atoms with E-state index < -0.39 is 5.79 Å². The summed E-state index contributed by atoms with van der Waals surface area (Å²) in [7, 11) is 1.93. The summed E-state index contributed by atoms with van der Waals surface area (Å²) in [5.74, 6) is -0.404. The fourth-order valence-electron chi connectivity index (χ4n) is 5.98. The number of carbonyl (C=O) groups is 1. The lowest BCUT2D eigenvalue weighted by Gasteiger charge is -2.37. The summed E-state index contributed by atoms with van der Waals surface area (Å²) in [6, 6.07) is 21.9. The summed E-state index contributed by atoms with van der Waals surface area (Å²) in [6.45, 7) is 8.52. The van der Waals surface area contributed by atoms with E-state index in [-0.39, 0.29) is 18.7 Å². The lowest BCUT2D eigenvalue weighted by atomic mass is 10.1. The number of benzene rings is 3. The second-order valence-corrected chi connectivity index (χ2v) is 13.2. The van der Waals surface area contributed by atoms with Crippen molar-refractivity contribution in [2.45, 2.75) is 44.7 Å². The Kier molecular flexibility index (Phi) is 11.4. The normalized spacial score (nSPS) is 19.9. The Balaban J connectivity index is 0.993. The van der Waals surface area contributed by atoms with Gasteiger partial charge in [-0.1, -0.05) is 36.2 Å². The number of carbonyl (C=O) groups excluding carboxylic acids is 1. The summed E-state index contributed by atoms with van der Waals surface area (Å²) in [6.07, 6.45) is 6.02. The number of hydrogen-bond donors (Lipinski definition) is 0. The number of ether oxygens (including phenoxy) is 3. The molecular formula is C36H42Cl2N8O4. The van der Waals surface area contributed by atoms with Crippen molar-refractivity contribution in [3.05, 3.63) is 95.0 Å². The molecule has 0 aliphatic carbocycles. The second kappa shape index (κ2) is 16.1. The zero-order chi connectivity index (χ0) is 35.1. The molecule has 0 saturated carbocycles. The number of amides is 1. The van der Waals surface area contributed by atoms with Gasteiger partial charge in [0.2, 0.25) is 12.2 Å². The minimum atomic E-state index is -1.16. The molecule has 12 nitrogen and oxygen atoms in total. The van der Waals surface area contributed by atoms with E-state index in [1.54, 1.807) is 29.5 Å². The van der Waals surface area contributed by atoms with Crippen molar-refractivity contribution in [1.29, 1.82) is 0 Å². The Labute approximate surface area is 302 Å². The first kappa shape index (κ1) is 35.5. The van der Waals surface area contributed by atoms with Gasteiger partial charge in [-0.2, -0.15) is 10.2 Å². The third-order valence-electron chi connectivity index (χ3n) is 9.09. The van der Waals surface area contributed by atoms with E-state index in [0.29, 0.717) is 28.8 Å². The highest BCUT2D eigenvalue weighted by molar-refractivity contribution is 6.35. The van der Waals surface area contributed by atoms with Crippen molar-refractivity contribution >= 4 is 53.0 Å². The smallest absolute Gasteiger partial charge is 0.230 e. The van der Waals surface area contributed by atoms with Gasteiger partial charge in [0.25, 0.3) is 0 Å². The Bertz CT molecular complexity index is 1720. The molecule has 50 heavy (non-hydrogen) atoms. The SMILES string of the molecule is CCC(C)N(C=O)/N=C\N(C)c1ccc(N2CCN(c3ccc(OCC4CO[C@](Cn5cncn5)(c5ccc(Cl)cc5Cl)O4)cc3)CC2)cc1. The molecule has 2 aliphatic heterocycles. The third-order valence-corrected chi connectivity index (χ3v) is 9.63. The molecule has 4 aromatic rings. The van der Waals surface area contributed by atoms with E-state index >= 15 is 0 Å². The molecule has 14 heteroatoms. The van der Waals surface area contributed by atoms with E-state index in [1.165, 1.54) is 17.0 Å². The summed E-state index contributed by atoms with van der Waals surface area (Å²) in [4.78, 5) is 22.1. The van der Waals surface area contributed by atoms with E-state index in [1.807, 2.05) is 44.0 Å². The predicted molar refractivity (Wildman–Crippen MR) is 196 cm³/mol. The highest BCUT2D eigenvalue weighted by atomic mass is 35.5. The largest absolute Gasteiger partial charge is 0.491 e. The molecule has 6 rings (SSSR count). The van der Waals surface area contributed by atoms with Crippen LogP contribution in [0.3, 0.4) is 0 Å². The quantitative estimate of drug-likeness (QED) is 0.0683. The number of hydrazone groups is 1. The predicted octanol–water partition coefficient (Wildman–Crippen LogP) is 5.90. The van der Waals surface area contributed by atoms with Crippen molar-refractivity contribution in [3.63, 3.8) is 0 Å². The van der Waals surface area contributed by atoms with Gasteiger partial charge in [-0.15, -0.1) is 0 Å². The number of aromatic nitrogens is 3. The molecule has 2 fully saturated rings. The van der Waals surface area contributed by atoms with Gasteiger partial charge in [-0.05, 0) is 74.0 Å². The fourth-order valence-corrected chi connectivity index (χ4v) is 6.53. The lowest BCUT2D eigenvalue weighted by molar-refractivity contribution is -0.190. The standard InChI is InChI=1S/C36H42Cl2N8O4/c1-4-27(2)46(26-47)41-25-42(3)29-6-8-30(9-7-29)43-15-17-44(18-16-43)31-10-12-32(13-11-31)48-20-33-21-49-36(50-33,22-45-24-39-23-40-45)34-14-5-28(37)19-35(34)38/h5-14,19,23-27,33H,4,15-18,20-22H2,1-3H3/b41-25-/t27?,33?,36-/m0/s1. The molecule has 0 N–H and O–H groups in total. The van der Waals surface area contributed by atoms with Crippen LogP contribution in [-0.4, -0.2) is 91.1 Å². The zero-order valence-electron chi connectivity index (χ0n) is 28.4. The molecule has 3 aromatic carbocycles. The van der Waals surface area contributed by atoms with Gasteiger partial charge in [-0.25, -0.2) is 14.7 Å². The van der Waals surface area contributed by atoms with Gasteiger partial charge in [0.1, 0.15) is 44.0 Å². The molecule has 2 unspecified atom stereocenters. The molecule has 0 spiro atoms. The summed E-state index contributed by atoms with van der Waals surface area (Å²) in [5, 5.41) is 11.0. The maximum absolute atomic E-state index is 11.3. The van der Waals surface area contributed by atoms with Crippen molar-refractivity contribution in [1.82, 2.24) is 19.8 Å². The van der Waals surface area contributed by atoms with Gasteiger partial charge in [0.05, 0.1) is 17.7 Å².